The van der Waals surface area contributed by atoms with Crippen LogP contribution in [0.5, 0.6) is 0 Å². The Kier molecular flexibility index (Phi) is 5.03. The van der Waals surface area contributed by atoms with E-state index in [-0.39, 0.29) is 17.3 Å². The van der Waals surface area contributed by atoms with Crippen LogP contribution in [0.1, 0.15) is 0 Å². The molecule has 0 saturated heterocycles. The second kappa shape index (κ2) is 7.39. The fraction of sp³-hybridized carbons (Fsp3) is 0.125. The van der Waals surface area contributed by atoms with E-state index in [4.69, 9.17) is 0 Å². The summed E-state index contributed by atoms with van der Waals surface area (Å²) in [5.41, 5.74) is 1.01. The van der Waals surface area contributed by atoms with Crippen LogP contribution in [-0.2, 0) is 11.8 Å². The lowest BCUT2D eigenvalue weighted by Crippen LogP contribution is -2.14. The van der Waals surface area contributed by atoms with Gasteiger partial charge < -0.3 is 9.88 Å². The van der Waals surface area contributed by atoms with E-state index in [0.717, 1.165) is 17.7 Å². The Morgan fingerprint density at radius 1 is 1.24 bits per heavy atom. The molecule has 0 atom stereocenters. The molecule has 3 rings (SSSR count). The third kappa shape index (κ3) is 4.00. The van der Waals surface area contributed by atoms with Crippen molar-refractivity contribution < 1.29 is 13.6 Å². The average Bonchev–Trinajstić information content (AvgIpc) is 2.98. The summed E-state index contributed by atoms with van der Waals surface area (Å²) in [5.74, 6) is -1.65. The highest BCUT2D eigenvalue weighted by Crippen LogP contribution is 2.22. The molecular formula is C16H13F2N5OS. The molecule has 0 unspecified atom stereocenters. The number of halogens is 2. The maximum absolute atomic E-state index is 13.1. The highest BCUT2D eigenvalue weighted by Gasteiger charge is 2.13. The van der Waals surface area contributed by atoms with Crippen molar-refractivity contribution >= 4 is 23.4 Å². The van der Waals surface area contributed by atoms with Gasteiger partial charge in [0.05, 0.1) is 5.75 Å². The molecule has 2 aromatic heterocycles. The zero-order valence-electron chi connectivity index (χ0n) is 13.1. The smallest absolute Gasteiger partial charge is 0.234 e. The van der Waals surface area contributed by atoms with Gasteiger partial charge >= 0.3 is 0 Å². The summed E-state index contributed by atoms with van der Waals surface area (Å²) < 4.78 is 27.8. The molecule has 0 aliphatic heterocycles. The highest BCUT2D eigenvalue weighted by molar-refractivity contribution is 7.99. The molecule has 3 aromatic rings. The van der Waals surface area contributed by atoms with Gasteiger partial charge in [0.15, 0.2) is 22.6 Å². The monoisotopic (exact) mass is 361 g/mol. The van der Waals surface area contributed by atoms with Crippen molar-refractivity contribution in [3.63, 3.8) is 0 Å². The molecule has 128 valence electrons. The Morgan fingerprint density at radius 3 is 2.80 bits per heavy atom. The van der Waals surface area contributed by atoms with Gasteiger partial charge in [-0.05, 0) is 24.3 Å². The zero-order valence-corrected chi connectivity index (χ0v) is 13.9. The number of nitrogens with one attached hydrogen (secondary N) is 1. The summed E-state index contributed by atoms with van der Waals surface area (Å²) >= 11 is 1.19. The van der Waals surface area contributed by atoms with Crippen molar-refractivity contribution in [3.05, 3.63) is 54.4 Å². The van der Waals surface area contributed by atoms with Gasteiger partial charge in [-0.2, -0.15) is 0 Å². The van der Waals surface area contributed by atoms with Crippen LogP contribution in [0.25, 0.3) is 11.4 Å². The third-order valence-electron chi connectivity index (χ3n) is 3.29. The summed E-state index contributed by atoms with van der Waals surface area (Å²) in [7, 11) is 1.79. The van der Waals surface area contributed by atoms with Crippen LogP contribution in [0.3, 0.4) is 0 Å². The Morgan fingerprint density at radius 2 is 2.08 bits per heavy atom. The standard InChI is InChI=1S/C16H13F2N5OS/c1-23-15(10-3-2-6-19-8-10)21-22-16(23)25-9-14(24)20-11-4-5-12(17)13(18)7-11/h2-8H,9H2,1H3,(H,20,24). The summed E-state index contributed by atoms with van der Waals surface area (Å²) in [4.78, 5) is 16.0. The van der Waals surface area contributed by atoms with Crippen molar-refractivity contribution in [1.82, 2.24) is 19.7 Å². The van der Waals surface area contributed by atoms with Gasteiger partial charge in [-0.1, -0.05) is 11.8 Å². The van der Waals surface area contributed by atoms with Gasteiger partial charge in [0.1, 0.15) is 0 Å². The van der Waals surface area contributed by atoms with Crippen molar-refractivity contribution in [2.75, 3.05) is 11.1 Å². The Labute approximate surface area is 146 Å². The molecule has 0 bridgehead atoms. The molecule has 0 aliphatic carbocycles. The number of hydrogen-bond acceptors (Lipinski definition) is 5. The number of carbonyl (C=O) groups excluding carboxylic acids is 1. The van der Waals surface area contributed by atoms with E-state index < -0.39 is 11.6 Å². The molecule has 1 N–H and O–H groups in total. The first kappa shape index (κ1) is 17.0. The highest BCUT2D eigenvalue weighted by atomic mass is 32.2. The summed E-state index contributed by atoms with van der Waals surface area (Å²) in [6.45, 7) is 0. The van der Waals surface area contributed by atoms with E-state index in [9.17, 15) is 13.6 Å². The number of aromatic nitrogens is 4. The summed E-state index contributed by atoms with van der Waals surface area (Å²) in [6.07, 6.45) is 3.34. The van der Waals surface area contributed by atoms with Crippen LogP contribution in [-0.4, -0.2) is 31.4 Å². The van der Waals surface area contributed by atoms with E-state index in [1.807, 2.05) is 6.07 Å². The molecule has 6 nitrogen and oxygen atoms in total. The molecule has 9 heteroatoms. The number of anilines is 1. The lowest BCUT2D eigenvalue weighted by atomic mass is 10.3. The molecule has 1 amide bonds. The first-order valence-corrected chi connectivity index (χ1v) is 8.20. The predicted molar refractivity (Wildman–Crippen MR) is 89.9 cm³/mol. The van der Waals surface area contributed by atoms with Gasteiger partial charge in [-0.3, -0.25) is 9.78 Å². The second-order valence-corrected chi connectivity index (χ2v) is 6.02. The van der Waals surface area contributed by atoms with E-state index in [1.165, 1.54) is 17.8 Å². The molecule has 25 heavy (non-hydrogen) atoms. The second-order valence-electron chi connectivity index (χ2n) is 5.07. The van der Waals surface area contributed by atoms with Gasteiger partial charge in [0.25, 0.3) is 0 Å². The number of carbonyl (C=O) groups is 1. The van der Waals surface area contributed by atoms with Crippen molar-refractivity contribution in [3.8, 4) is 11.4 Å². The lowest BCUT2D eigenvalue weighted by molar-refractivity contribution is -0.113. The first-order valence-electron chi connectivity index (χ1n) is 7.22. The molecule has 0 radical (unpaired) electrons. The molecule has 0 aliphatic rings. The van der Waals surface area contributed by atoms with E-state index in [1.54, 1.807) is 30.1 Å². The fourth-order valence-electron chi connectivity index (χ4n) is 2.09. The number of amides is 1. The van der Waals surface area contributed by atoms with Crippen LogP contribution < -0.4 is 5.32 Å². The van der Waals surface area contributed by atoms with Crippen LogP contribution >= 0.6 is 11.8 Å². The van der Waals surface area contributed by atoms with Crippen LogP contribution in [0, 0.1) is 11.6 Å². The first-order chi connectivity index (χ1) is 12.0. The number of thioether (sulfide) groups is 1. The maximum Gasteiger partial charge on any atom is 0.234 e. The third-order valence-corrected chi connectivity index (χ3v) is 4.31. The van der Waals surface area contributed by atoms with Gasteiger partial charge in [0.2, 0.25) is 5.91 Å². The van der Waals surface area contributed by atoms with E-state index >= 15 is 0 Å². The number of hydrogen-bond donors (Lipinski definition) is 1. The fourth-order valence-corrected chi connectivity index (χ4v) is 2.80. The maximum atomic E-state index is 13.1. The lowest BCUT2D eigenvalue weighted by Gasteiger charge is -2.06. The SMILES string of the molecule is Cn1c(SCC(=O)Nc2ccc(F)c(F)c2)nnc1-c1cccnc1. The number of benzene rings is 1. The quantitative estimate of drug-likeness (QED) is 0.708. The Bertz CT molecular complexity index is 901. The van der Waals surface area contributed by atoms with Crippen LogP contribution in [0.15, 0.2) is 47.9 Å². The van der Waals surface area contributed by atoms with Crippen LogP contribution in [0.4, 0.5) is 14.5 Å². The molecular weight excluding hydrogens is 348 g/mol. The minimum atomic E-state index is -1.01. The van der Waals surface area contributed by atoms with Crippen molar-refractivity contribution in [2.45, 2.75) is 5.16 Å². The average molecular weight is 361 g/mol. The van der Waals surface area contributed by atoms with E-state index in [0.29, 0.717) is 11.0 Å². The van der Waals surface area contributed by atoms with E-state index in [2.05, 4.69) is 20.5 Å². The molecule has 2 heterocycles. The largest absolute Gasteiger partial charge is 0.325 e. The molecule has 0 fully saturated rings. The van der Waals surface area contributed by atoms with Gasteiger partial charge in [0, 0.05) is 36.8 Å². The summed E-state index contributed by atoms with van der Waals surface area (Å²) in [6, 6.07) is 6.85. The molecule has 0 spiro atoms. The van der Waals surface area contributed by atoms with Crippen molar-refractivity contribution in [2.24, 2.45) is 7.05 Å². The number of rotatable bonds is 5. The van der Waals surface area contributed by atoms with Crippen LogP contribution in [0.2, 0.25) is 0 Å². The predicted octanol–water partition coefficient (Wildman–Crippen LogP) is 2.89. The number of nitrogens with zero attached hydrogens (tertiary/aromatic N) is 4. The topological polar surface area (TPSA) is 72.7 Å². The Balaban J connectivity index is 1.63. The minimum Gasteiger partial charge on any atom is -0.325 e. The van der Waals surface area contributed by atoms with Gasteiger partial charge in [-0.25, -0.2) is 8.78 Å². The summed E-state index contributed by atoms with van der Waals surface area (Å²) in [5, 5.41) is 11.2. The minimum absolute atomic E-state index is 0.0536. The number of pyridine rings is 1. The normalized spacial score (nSPS) is 10.7. The Hall–Kier alpha value is -2.81. The molecule has 1 aromatic carbocycles. The zero-order chi connectivity index (χ0) is 17.8. The van der Waals surface area contributed by atoms with Crippen molar-refractivity contribution in [1.29, 1.82) is 0 Å². The molecule has 0 saturated carbocycles. The van der Waals surface area contributed by atoms with Gasteiger partial charge in [-0.15, -0.1) is 10.2 Å².